The normalized spacial score (nSPS) is 22.7. The van der Waals surface area contributed by atoms with Gasteiger partial charge in [-0.15, -0.1) is 0 Å². The van der Waals surface area contributed by atoms with Gasteiger partial charge in [-0.05, 0) is 32.1 Å². The summed E-state index contributed by atoms with van der Waals surface area (Å²) in [6, 6.07) is 0. The number of hydrogen-bond donors (Lipinski definition) is 1. The van der Waals surface area contributed by atoms with E-state index >= 15 is 0 Å². The summed E-state index contributed by atoms with van der Waals surface area (Å²) in [5.41, 5.74) is 0.638. The second kappa shape index (κ2) is 7.03. The standard InChI is InChI=1S/C18H20F3N5O/c19-18(20,21)16-13-3-1-2-4-14(13)24-17(25-16)26-9-11(15(27)10-26)7-12-8-22-5-6-23-12/h5-6,8,11,15,27H,1-4,7,9-10H2/t11-,15-/m1/s1. The first-order chi connectivity index (χ1) is 12.9. The number of rotatable bonds is 3. The zero-order valence-electron chi connectivity index (χ0n) is 14.7. The smallest absolute Gasteiger partial charge is 0.391 e. The highest BCUT2D eigenvalue weighted by molar-refractivity contribution is 5.41. The molecule has 2 atom stereocenters. The summed E-state index contributed by atoms with van der Waals surface area (Å²) in [5, 5.41) is 10.4. The third-order valence-corrected chi connectivity index (χ3v) is 5.22. The van der Waals surface area contributed by atoms with Gasteiger partial charge in [-0.2, -0.15) is 13.2 Å². The fourth-order valence-electron chi connectivity index (χ4n) is 3.88. The predicted molar refractivity (Wildman–Crippen MR) is 91.1 cm³/mol. The molecule has 0 spiro atoms. The predicted octanol–water partition coefficient (Wildman–Crippen LogP) is 2.20. The van der Waals surface area contributed by atoms with E-state index in [0.717, 1.165) is 18.5 Å². The number of halogens is 3. The van der Waals surface area contributed by atoms with Gasteiger partial charge >= 0.3 is 6.18 Å². The molecule has 0 aromatic carbocycles. The zero-order valence-corrected chi connectivity index (χ0v) is 14.7. The fraction of sp³-hybridized carbons (Fsp3) is 0.556. The first-order valence-electron chi connectivity index (χ1n) is 9.06. The molecule has 6 nitrogen and oxygen atoms in total. The highest BCUT2D eigenvalue weighted by Gasteiger charge is 2.40. The minimum absolute atomic E-state index is 0.0590. The van der Waals surface area contributed by atoms with E-state index in [0.29, 0.717) is 31.5 Å². The van der Waals surface area contributed by atoms with Crippen molar-refractivity contribution in [1.29, 1.82) is 0 Å². The first-order valence-corrected chi connectivity index (χ1v) is 9.06. The third kappa shape index (κ3) is 3.73. The van der Waals surface area contributed by atoms with Crippen molar-refractivity contribution in [3.63, 3.8) is 0 Å². The van der Waals surface area contributed by atoms with Crippen LogP contribution in [0.4, 0.5) is 19.1 Å². The second-order valence-corrected chi connectivity index (χ2v) is 7.14. The van der Waals surface area contributed by atoms with Gasteiger partial charge in [0, 0.05) is 48.9 Å². The Hall–Kier alpha value is -2.29. The van der Waals surface area contributed by atoms with Crippen molar-refractivity contribution in [2.24, 2.45) is 5.92 Å². The van der Waals surface area contributed by atoms with Crippen molar-refractivity contribution in [2.45, 2.75) is 44.4 Å². The Morgan fingerprint density at radius 1 is 1.11 bits per heavy atom. The van der Waals surface area contributed by atoms with Gasteiger partial charge < -0.3 is 10.0 Å². The van der Waals surface area contributed by atoms with Gasteiger partial charge in [0.15, 0.2) is 5.69 Å². The molecule has 2 aliphatic rings. The van der Waals surface area contributed by atoms with Crippen molar-refractivity contribution in [1.82, 2.24) is 19.9 Å². The van der Waals surface area contributed by atoms with Crippen LogP contribution in [0.5, 0.6) is 0 Å². The van der Waals surface area contributed by atoms with E-state index in [1.165, 1.54) is 0 Å². The monoisotopic (exact) mass is 379 g/mol. The van der Waals surface area contributed by atoms with Gasteiger partial charge in [0.25, 0.3) is 0 Å². The molecule has 27 heavy (non-hydrogen) atoms. The lowest BCUT2D eigenvalue weighted by atomic mass is 9.94. The van der Waals surface area contributed by atoms with E-state index in [1.807, 2.05) is 0 Å². The molecule has 2 aromatic heterocycles. The van der Waals surface area contributed by atoms with Crippen LogP contribution in [0.15, 0.2) is 18.6 Å². The highest BCUT2D eigenvalue weighted by Crippen LogP contribution is 2.36. The SMILES string of the molecule is O[C@@H]1CN(c2nc3c(c(C(F)(F)F)n2)CCCC3)C[C@H]1Cc1cnccn1. The van der Waals surface area contributed by atoms with E-state index < -0.39 is 18.0 Å². The quantitative estimate of drug-likeness (QED) is 0.881. The number of fused-ring (bicyclic) bond motifs is 1. The number of aromatic nitrogens is 4. The van der Waals surface area contributed by atoms with Crippen LogP contribution in [-0.4, -0.2) is 44.2 Å². The van der Waals surface area contributed by atoms with Gasteiger partial charge in [-0.25, -0.2) is 9.97 Å². The molecule has 144 valence electrons. The van der Waals surface area contributed by atoms with Crippen molar-refractivity contribution in [3.05, 3.63) is 41.2 Å². The molecule has 1 aliphatic heterocycles. The van der Waals surface area contributed by atoms with E-state index in [-0.39, 0.29) is 24.0 Å². The third-order valence-electron chi connectivity index (χ3n) is 5.22. The van der Waals surface area contributed by atoms with Crippen LogP contribution >= 0.6 is 0 Å². The minimum atomic E-state index is -4.50. The molecular weight excluding hydrogens is 359 g/mol. The Labute approximate surface area is 154 Å². The van der Waals surface area contributed by atoms with Crippen LogP contribution in [0.1, 0.15) is 35.5 Å². The van der Waals surface area contributed by atoms with Crippen LogP contribution in [0.3, 0.4) is 0 Å². The van der Waals surface area contributed by atoms with Crippen molar-refractivity contribution >= 4 is 5.95 Å². The molecular formula is C18H20F3N5O. The molecule has 0 saturated carbocycles. The topological polar surface area (TPSA) is 75.0 Å². The summed E-state index contributed by atoms with van der Waals surface area (Å²) < 4.78 is 40.5. The molecule has 0 bridgehead atoms. The molecule has 2 aromatic rings. The Kier molecular flexibility index (Phi) is 4.71. The molecule has 1 aliphatic carbocycles. The van der Waals surface area contributed by atoms with Gasteiger partial charge in [0.1, 0.15) is 0 Å². The zero-order chi connectivity index (χ0) is 19.0. The summed E-state index contributed by atoms with van der Waals surface area (Å²) in [5.74, 6) is -0.0978. The van der Waals surface area contributed by atoms with Crippen molar-refractivity contribution in [3.8, 4) is 0 Å². The Morgan fingerprint density at radius 2 is 1.93 bits per heavy atom. The van der Waals surface area contributed by atoms with Gasteiger partial charge in [0.2, 0.25) is 5.95 Å². The van der Waals surface area contributed by atoms with Crippen LogP contribution in [0.25, 0.3) is 0 Å². The maximum Gasteiger partial charge on any atom is 0.433 e. The summed E-state index contributed by atoms with van der Waals surface area (Å²) in [4.78, 5) is 18.2. The molecule has 0 amide bonds. The number of β-amino-alcohol motifs (C(OH)–C–C–N with tert-alkyl or cyclic N) is 1. The van der Waals surface area contributed by atoms with E-state index in [9.17, 15) is 18.3 Å². The van der Waals surface area contributed by atoms with Crippen LogP contribution < -0.4 is 4.90 Å². The summed E-state index contributed by atoms with van der Waals surface area (Å²) in [6.45, 7) is 0.592. The Bertz CT molecular complexity index is 815. The number of anilines is 1. The maximum atomic E-state index is 13.5. The Morgan fingerprint density at radius 3 is 2.67 bits per heavy atom. The highest BCUT2D eigenvalue weighted by atomic mass is 19.4. The molecule has 1 saturated heterocycles. The lowest BCUT2D eigenvalue weighted by Crippen LogP contribution is -2.27. The molecule has 0 radical (unpaired) electrons. The molecule has 1 fully saturated rings. The van der Waals surface area contributed by atoms with Gasteiger partial charge in [0.05, 0.1) is 11.8 Å². The molecule has 0 unspecified atom stereocenters. The fourth-order valence-corrected chi connectivity index (χ4v) is 3.88. The van der Waals surface area contributed by atoms with E-state index in [1.54, 1.807) is 23.5 Å². The van der Waals surface area contributed by atoms with Gasteiger partial charge in [-0.1, -0.05) is 0 Å². The molecule has 9 heteroatoms. The van der Waals surface area contributed by atoms with E-state index in [2.05, 4.69) is 19.9 Å². The van der Waals surface area contributed by atoms with E-state index in [4.69, 9.17) is 0 Å². The number of nitrogens with zero attached hydrogens (tertiary/aromatic N) is 5. The van der Waals surface area contributed by atoms with Crippen LogP contribution in [0.2, 0.25) is 0 Å². The second-order valence-electron chi connectivity index (χ2n) is 7.14. The molecule has 3 heterocycles. The largest absolute Gasteiger partial charge is 0.433 e. The average Bonchev–Trinajstić information content (AvgIpc) is 3.01. The van der Waals surface area contributed by atoms with Crippen LogP contribution in [0, 0.1) is 5.92 Å². The maximum absolute atomic E-state index is 13.5. The number of aliphatic hydroxyl groups is 1. The Balaban J connectivity index is 1.60. The van der Waals surface area contributed by atoms with Gasteiger partial charge in [-0.3, -0.25) is 9.97 Å². The number of alkyl halides is 3. The summed E-state index contributed by atoms with van der Waals surface area (Å²) in [7, 11) is 0. The first kappa shape index (κ1) is 18.1. The average molecular weight is 379 g/mol. The molecule has 1 N–H and O–H groups in total. The number of aliphatic hydroxyl groups excluding tert-OH is 1. The summed E-state index contributed by atoms with van der Waals surface area (Å²) in [6.07, 6.45) is 2.56. The summed E-state index contributed by atoms with van der Waals surface area (Å²) >= 11 is 0. The van der Waals surface area contributed by atoms with Crippen LogP contribution in [-0.2, 0) is 25.4 Å². The number of hydrogen-bond acceptors (Lipinski definition) is 6. The van der Waals surface area contributed by atoms with Crippen molar-refractivity contribution < 1.29 is 18.3 Å². The van der Waals surface area contributed by atoms with Crippen molar-refractivity contribution in [2.75, 3.05) is 18.0 Å². The number of aryl methyl sites for hydroxylation is 1. The minimum Gasteiger partial charge on any atom is -0.391 e. The lowest BCUT2D eigenvalue weighted by molar-refractivity contribution is -0.142. The molecule has 4 rings (SSSR count). The lowest BCUT2D eigenvalue weighted by Gasteiger charge is -2.23.